The van der Waals surface area contributed by atoms with Crippen LogP contribution in [0.15, 0.2) is 67.0 Å². The lowest BCUT2D eigenvalue weighted by atomic mass is 10.1. The number of carbonyl (C=O) groups excluding carboxylic acids is 1. The molecule has 2 amide bonds. The Kier molecular flexibility index (Phi) is 5.99. The number of hydrogen-bond donors (Lipinski definition) is 1. The Hall–Kier alpha value is -3.41. The molecule has 27 heavy (non-hydrogen) atoms. The molecule has 1 aromatic heterocycles. The molecule has 6 heteroatoms. The average Bonchev–Trinajstić information content (AvgIpc) is 2.69. The molecule has 1 N–H and O–H groups in total. The van der Waals surface area contributed by atoms with Crippen LogP contribution < -0.4 is 10.1 Å². The number of nitrogens with zero attached hydrogens (tertiary/aromatic N) is 3. The highest BCUT2D eigenvalue weighted by Gasteiger charge is 2.13. The number of aryl methyl sites for hydroxylation is 1. The van der Waals surface area contributed by atoms with Gasteiger partial charge in [-0.3, -0.25) is 0 Å². The lowest BCUT2D eigenvalue weighted by Gasteiger charge is -2.22. The van der Waals surface area contributed by atoms with Gasteiger partial charge in [0.05, 0.1) is 0 Å². The van der Waals surface area contributed by atoms with E-state index in [2.05, 4.69) is 28.3 Å². The fourth-order valence-corrected chi connectivity index (χ4v) is 2.57. The van der Waals surface area contributed by atoms with Crippen molar-refractivity contribution in [3.8, 4) is 11.8 Å². The van der Waals surface area contributed by atoms with E-state index in [4.69, 9.17) is 4.74 Å². The predicted molar refractivity (Wildman–Crippen MR) is 105 cm³/mol. The monoisotopic (exact) mass is 362 g/mol. The van der Waals surface area contributed by atoms with Crippen LogP contribution in [0.2, 0.25) is 0 Å². The van der Waals surface area contributed by atoms with Crippen molar-refractivity contribution in [3.05, 3.63) is 78.1 Å². The smallest absolute Gasteiger partial charge is 0.322 e. The number of urea groups is 1. The number of amides is 2. The second-order valence-electron chi connectivity index (χ2n) is 6.03. The van der Waals surface area contributed by atoms with Gasteiger partial charge in [0.2, 0.25) is 0 Å². The molecule has 3 aromatic rings. The largest absolute Gasteiger partial charge is 0.424 e. The first-order valence-electron chi connectivity index (χ1n) is 8.81. The number of ether oxygens (including phenoxy) is 1. The number of aromatic nitrogens is 2. The lowest BCUT2D eigenvalue weighted by molar-refractivity contribution is 0.212. The summed E-state index contributed by atoms with van der Waals surface area (Å²) in [5.74, 6) is 0.603. The summed E-state index contributed by atoms with van der Waals surface area (Å²) < 4.78 is 5.55. The molecule has 0 spiro atoms. The molecule has 0 saturated carbocycles. The highest BCUT2D eigenvalue weighted by Crippen LogP contribution is 2.20. The SMILES string of the molecule is CCN(Cc1ccccc1C)C(=O)Nc1ccc(Oc2ncccn2)cc1. The maximum Gasteiger partial charge on any atom is 0.322 e. The summed E-state index contributed by atoms with van der Waals surface area (Å²) >= 11 is 0. The summed E-state index contributed by atoms with van der Waals surface area (Å²) in [5, 5.41) is 2.92. The highest BCUT2D eigenvalue weighted by molar-refractivity contribution is 5.89. The molecule has 0 aliphatic carbocycles. The standard InChI is InChI=1S/C21H22N4O2/c1-3-25(15-17-8-5-4-7-16(17)2)21(26)24-18-9-11-19(12-10-18)27-20-22-13-6-14-23-20/h4-14H,3,15H2,1-2H3,(H,24,26). The number of hydrogen-bond acceptors (Lipinski definition) is 4. The van der Waals surface area contributed by atoms with Gasteiger partial charge in [0.15, 0.2) is 0 Å². The van der Waals surface area contributed by atoms with Crippen LogP contribution in [0.1, 0.15) is 18.1 Å². The number of anilines is 1. The minimum Gasteiger partial charge on any atom is -0.424 e. The van der Waals surface area contributed by atoms with Crippen LogP contribution in [0.5, 0.6) is 11.8 Å². The van der Waals surface area contributed by atoms with Crippen molar-refractivity contribution in [2.45, 2.75) is 20.4 Å². The van der Waals surface area contributed by atoms with E-state index in [9.17, 15) is 4.79 Å². The second-order valence-corrected chi connectivity index (χ2v) is 6.03. The third-order valence-corrected chi connectivity index (χ3v) is 4.15. The van der Waals surface area contributed by atoms with Crippen molar-refractivity contribution >= 4 is 11.7 Å². The molecule has 0 unspecified atom stereocenters. The van der Waals surface area contributed by atoms with Crippen molar-refractivity contribution in [1.82, 2.24) is 14.9 Å². The van der Waals surface area contributed by atoms with Crippen molar-refractivity contribution in [1.29, 1.82) is 0 Å². The average molecular weight is 362 g/mol. The van der Waals surface area contributed by atoms with E-state index in [0.717, 1.165) is 5.56 Å². The molecule has 0 atom stereocenters. The van der Waals surface area contributed by atoms with Gasteiger partial charge in [0, 0.05) is 31.2 Å². The zero-order valence-electron chi connectivity index (χ0n) is 15.4. The van der Waals surface area contributed by atoms with Crippen LogP contribution in [-0.4, -0.2) is 27.4 Å². The lowest BCUT2D eigenvalue weighted by Crippen LogP contribution is -2.34. The highest BCUT2D eigenvalue weighted by atomic mass is 16.5. The first-order chi connectivity index (χ1) is 13.2. The van der Waals surface area contributed by atoms with Gasteiger partial charge in [-0.2, -0.15) is 0 Å². The summed E-state index contributed by atoms with van der Waals surface area (Å²) in [5.41, 5.74) is 3.01. The Morgan fingerprint density at radius 1 is 1.04 bits per heavy atom. The molecule has 2 aromatic carbocycles. The minimum atomic E-state index is -0.138. The van der Waals surface area contributed by atoms with Gasteiger partial charge in [-0.1, -0.05) is 24.3 Å². The Morgan fingerprint density at radius 3 is 2.41 bits per heavy atom. The molecule has 6 nitrogen and oxygen atoms in total. The van der Waals surface area contributed by atoms with Gasteiger partial charge in [-0.25, -0.2) is 14.8 Å². The fraction of sp³-hybridized carbons (Fsp3) is 0.190. The van der Waals surface area contributed by atoms with Gasteiger partial charge < -0.3 is 15.0 Å². The molecule has 0 aliphatic heterocycles. The number of benzene rings is 2. The van der Waals surface area contributed by atoms with E-state index in [1.807, 2.05) is 25.1 Å². The van der Waals surface area contributed by atoms with E-state index in [1.165, 1.54) is 5.56 Å². The van der Waals surface area contributed by atoms with Gasteiger partial charge in [0.25, 0.3) is 0 Å². The maximum atomic E-state index is 12.6. The zero-order chi connectivity index (χ0) is 19.1. The summed E-state index contributed by atoms with van der Waals surface area (Å²) in [6.07, 6.45) is 3.23. The number of nitrogens with one attached hydrogen (secondary N) is 1. The predicted octanol–water partition coefficient (Wildman–Crippen LogP) is 4.63. The van der Waals surface area contributed by atoms with Gasteiger partial charge in [-0.15, -0.1) is 0 Å². The van der Waals surface area contributed by atoms with E-state index in [1.54, 1.807) is 47.6 Å². The molecule has 1 heterocycles. The Balaban J connectivity index is 1.61. The van der Waals surface area contributed by atoms with Crippen molar-refractivity contribution < 1.29 is 9.53 Å². The molecule has 0 bridgehead atoms. The third kappa shape index (κ3) is 5.04. The molecule has 138 valence electrons. The van der Waals surface area contributed by atoms with E-state index in [0.29, 0.717) is 24.5 Å². The topological polar surface area (TPSA) is 67.4 Å². The van der Waals surface area contributed by atoms with E-state index in [-0.39, 0.29) is 12.0 Å². The van der Waals surface area contributed by atoms with Crippen LogP contribution >= 0.6 is 0 Å². The Morgan fingerprint density at radius 2 is 1.74 bits per heavy atom. The summed E-state index contributed by atoms with van der Waals surface area (Å²) in [7, 11) is 0. The normalized spacial score (nSPS) is 10.3. The van der Waals surface area contributed by atoms with Crippen LogP contribution in [0.25, 0.3) is 0 Å². The first-order valence-corrected chi connectivity index (χ1v) is 8.81. The van der Waals surface area contributed by atoms with Crippen molar-refractivity contribution in [3.63, 3.8) is 0 Å². The van der Waals surface area contributed by atoms with Crippen molar-refractivity contribution in [2.24, 2.45) is 0 Å². The van der Waals surface area contributed by atoms with Crippen LogP contribution in [-0.2, 0) is 6.54 Å². The van der Waals surface area contributed by atoms with Crippen LogP contribution in [0, 0.1) is 6.92 Å². The third-order valence-electron chi connectivity index (χ3n) is 4.15. The molecule has 0 fully saturated rings. The van der Waals surface area contributed by atoms with Gasteiger partial charge in [0.1, 0.15) is 5.75 Å². The Labute approximate surface area is 158 Å². The van der Waals surface area contributed by atoms with Crippen molar-refractivity contribution in [2.75, 3.05) is 11.9 Å². The maximum absolute atomic E-state index is 12.6. The van der Waals surface area contributed by atoms with E-state index >= 15 is 0 Å². The van der Waals surface area contributed by atoms with Crippen LogP contribution in [0.4, 0.5) is 10.5 Å². The second kappa shape index (κ2) is 8.80. The quantitative estimate of drug-likeness (QED) is 0.694. The van der Waals surface area contributed by atoms with E-state index < -0.39 is 0 Å². The molecule has 3 rings (SSSR count). The molecule has 0 saturated heterocycles. The zero-order valence-corrected chi connectivity index (χ0v) is 15.4. The Bertz CT molecular complexity index is 882. The van der Waals surface area contributed by atoms with Gasteiger partial charge >= 0.3 is 12.0 Å². The number of carbonyl (C=O) groups is 1. The summed E-state index contributed by atoms with van der Waals surface area (Å²) in [6.45, 7) is 5.21. The number of rotatable bonds is 6. The molecular weight excluding hydrogens is 340 g/mol. The fourth-order valence-electron chi connectivity index (χ4n) is 2.57. The summed E-state index contributed by atoms with van der Waals surface area (Å²) in [4.78, 5) is 22.4. The molecule has 0 aliphatic rings. The summed E-state index contributed by atoms with van der Waals surface area (Å²) in [6, 6.07) is 17.1. The first kappa shape index (κ1) is 18.4. The minimum absolute atomic E-state index is 0.138. The van der Waals surface area contributed by atoms with Gasteiger partial charge in [-0.05, 0) is 55.3 Å². The molecule has 0 radical (unpaired) electrons. The molecular formula is C21H22N4O2. The van der Waals surface area contributed by atoms with Crippen LogP contribution in [0.3, 0.4) is 0 Å².